The van der Waals surface area contributed by atoms with Crippen LogP contribution in [0.5, 0.6) is 0 Å². The lowest BCUT2D eigenvalue weighted by Gasteiger charge is -2.13. The lowest BCUT2D eigenvalue weighted by Crippen LogP contribution is -2.31. The number of hydrogen-bond acceptors (Lipinski definition) is 4. The molecule has 2 heterocycles. The molecule has 0 unspecified atom stereocenters. The second-order valence-electron chi connectivity index (χ2n) is 5.32. The summed E-state index contributed by atoms with van der Waals surface area (Å²) in [5.41, 5.74) is 1.09. The number of imide groups is 1. The third-order valence-electron chi connectivity index (χ3n) is 3.62. The van der Waals surface area contributed by atoms with E-state index >= 15 is 0 Å². The van der Waals surface area contributed by atoms with Crippen molar-refractivity contribution < 1.29 is 14.4 Å². The van der Waals surface area contributed by atoms with Crippen molar-refractivity contribution in [2.24, 2.45) is 0 Å². The van der Waals surface area contributed by atoms with E-state index in [1.54, 1.807) is 36.4 Å². The molecule has 0 saturated heterocycles. The van der Waals surface area contributed by atoms with Gasteiger partial charge in [-0.15, -0.1) is 0 Å². The van der Waals surface area contributed by atoms with Crippen LogP contribution in [0, 0.1) is 0 Å². The standard InChI is InChI=1S/C17H14ClN3O3/c18-11-4-1-5-12(10-11)20-14(22)7-3-9-21-16(23)13-6-2-8-19-15(13)17(21)24/h1-2,4-6,8,10H,3,7,9H2,(H,20,22). The average Bonchev–Trinajstić information content (AvgIpc) is 2.80. The van der Waals surface area contributed by atoms with Gasteiger partial charge >= 0.3 is 0 Å². The molecule has 6 nitrogen and oxygen atoms in total. The van der Waals surface area contributed by atoms with Crippen molar-refractivity contribution >= 4 is 35.0 Å². The first-order chi connectivity index (χ1) is 11.6. The highest BCUT2D eigenvalue weighted by Crippen LogP contribution is 2.21. The number of carbonyl (C=O) groups is 3. The van der Waals surface area contributed by atoms with Gasteiger partial charge in [-0.05, 0) is 36.8 Å². The molecule has 122 valence electrons. The molecule has 1 aliphatic heterocycles. The molecule has 7 heteroatoms. The molecule has 3 rings (SSSR count). The fourth-order valence-electron chi connectivity index (χ4n) is 2.50. The largest absolute Gasteiger partial charge is 0.326 e. The van der Waals surface area contributed by atoms with Gasteiger partial charge < -0.3 is 5.32 Å². The number of pyridine rings is 1. The SMILES string of the molecule is O=C(CCCN1C(=O)c2cccnc2C1=O)Nc1cccc(Cl)c1. The molecule has 0 radical (unpaired) electrons. The molecule has 2 aromatic rings. The van der Waals surface area contributed by atoms with Gasteiger partial charge in [0.1, 0.15) is 5.69 Å². The van der Waals surface area contributed by atoms with Crippen LogP contribution in [0.2, 0.25) is 5.02 Å². The Morgan fingerprint density at radius 3 is 2.75 bits per heavy atom. The van der Waals surface area contributed by atoms with E-state index in [4.69, 9.17) is 11.6 Å². The first-order valence-corrected chi connectivity index (χ1v) is 7.80. The number of halogens is 1. The number of nitrogens with zero attached hydrogens (tertiary/aromatic N) is 2. The van der Waals surface area contributed by atoms with E-state index in [9.17, 15) is 14.4 Å². The third-order valence-corrected chi connectivity index (χ3v) is 3.86. The summed E-state index contributed by atoms with van der Waals surface area (Å²) in [6.45, 7) is 0.178. The summed E-state index contributed by atoms with van der Waals surface area (Å²) in [4.78, 5) is 41.3. The van der Waals surface area contributed by atoms with Crippen molar-refractivity contribution in [3.8, 4) is 0 Å². The minimum absolute atomic E-state index is 0.172. The van der Waals surface area contributed by atoms with Crippen molar-refractivity contribution in [3.05, 3.63) is 58.9 Å². The van der Waals surface area contributed by atoms with Crippen LogP contribution in [-0.4, -0.2) is 34.2 Å². The van der Waals surface area contributed by atoms with Gasteiger partial charge in [0.05, 0.1) is 5.56 Å². The Bertz CT molecular complexity index is 787. The summed E-state index contributed by atoms with van der Waals surface area (Å²) >= 11 is 5.86. The molecule has 0 atom stereocenters. The second-order valence-corrected chi connectivity index (χ2v) is 5.76. The zero-order chi connectivity index (χ0) is 17.1. The maximum absolute atomic E-state index is 12.2. The molecular weight excluding hydrogens is 330 g/mol. The Hall–Kier alpha value is -2.73. The van der Waals surface area contributed by atoms with Crippen LogP contribution >= 0.6 is 11.6 Å². The number of benzene rings is 1. The van der Waals surface area contributed by atoms with Gasteiger partial charge in [0.15, 0.2) is 0 Å². The number of aromatic nitrogens is 1. The fourth-order valence-corrected chi connectivity index (χ4v) is 2.69. The van der Waals surface area contributed by atoms with Crippen LogP contribution < -0.4 is 5.32 Å². The summed E-state index contributed by atoms with van der Waals surface area (Å²) in [6, 6.07) is 10.0. The van der Waals surface area contributed by atoms with E-state index in [1.807, 2.05) is 0 Å². The molecular formula is C17H14ClN3O3. The van der Waals surface area contributed by atoms with Crippen LogP contribution in [0.4, 0.5) is 5.69 Å². The molecule has 1 aromatic carbocycles. The predicted octanol–water partition coefficient (Wildman–Crippen LogP) is 2.75. The fraction of sp³-hybridized carbons (Fsp3) is 0.176. The van der Waals surface area contributed by atoms with Crippen molar-refractivity contribution in [2.75, 3.05) is 11.9 Å². The summed E-state index contributed by atoms with van der Waals surface area (Å²) in [6.07, 6.45) is 2.04. The van der Waals surface area contributed by atoms with Gasteiger partial charge in [0.2, 0.25) is 5.91 Å². The number of fused-ring (bicyclic) bond motifs is 1. The lowest BCUT2D eigenvalue weighted by atomic mass is 10.2. The maximum atomic E-state index is 12.2. The molecule has 1 aromatic heterocycles. The summed E-state index contributed by atoms with van der Waals surface area (Å²) in [5.74, 6) is -0.976. The second kappa shape index (κ2) is 6.80. The minimum atomic E-state index is -0.411. The highest BCUT2D eigenvalue weighted by molar-refractivity contribution is 6.30. The highest BCUT2D eigenvalue weighted by Gasteiger charge is 2.36. The first kappa shape index (κ1) is 16.1. The number of anilines is 1. The highest BCUT2D eigenvalue weighted by atomic mass is 35.5. The smallest absolute Gasteiger partial charge is 0.280 e. The van der Waals surface area contributed by atoms with Crippen LogP contribution in [0.3, 0.4) is 0 Å². The van der Waals surface area contributed by atoms with Crippen molar-refractivity contribution in [1.29, 1.82) is 0 Å². The molecule has 1 aliphatic rings. The number of rotatable bonds is 5. The zero-order valence-electron chi connectivity index (χ0n) is 12.7. The van der Waals surface area contributed by atoms with Crippen molar-refractivity contribution in [2.45, 2.75) is 12.8 Å². The van der Waals surface area contributed by atoms with E-state index in [0.717, 1.165) is 4.90 Å². The van der Waals surface area contributed by atoms with Gasteiger partial charge in [0, 0.05) is 29.9 Å². The summed E-state index contributed by atoms with van der Waals surface area (Å²) in [5, 5.41) is 3.26. The molecule has 24 heavy (non-hydrogen) atoms. The van der Waals surface area contributed by atoms with Gasteiger partial charge in [-0.25, -0.2) is 0 Å². The number of carbonyl (C=O) groups excluding carboxylic acids is 3. The number of hydrogen-bond donors (Lipinski definition) is 1. The zero-order valence-corrected chi connectivity index (χ0v) is 13.4. The Kier molecular flexibility index (Phi) is 4.57. The molecule has 0 spiro atoms. The summed E-state index contributed by atoms with van der Waals surface area (Å²) < 4.78 is 0. The number of nitrogens with one attached hydrogen (secondary N) is 1. The van der Waals surface area contributed by atoms with E-state index in [1.165, 1.54) is 6.20 Å². The molecule has 0 aliphatic carbocycles. The van der Waals surface area contributed by atoms with Crippen LogP contribution in [0.25, 0.3) is 0 Å². The van der Waals surface area contributed by atoms with E-state index in [2.05, 4.69) is 10.3 Å². The summed E-state index contributed by atoms with van der Waals surface area (Å²) in [7, 11) is 0. The molecule has 0 saturated carbocycles. The monoisotopic (exact) mass is 343 g/mol. The molecule has 3 amide bonds. The van der Waals surface area contributed by atoms with Crippen LogP contribution in [-0.2, 0) is 4.79 Å². The van der Waals surface area contributed by atoms with Gasteiger partial charge in [-0.2, -0.15) is 0 Å². The molecule has 0 bridgehead atoms. The topological polar surface area (TPSA) is 79.4 Å². The Labute approximate surface area is 143 Å². The number of amides is 3. The Morgan fingerprint density at radius 1 is 1.17 bits per heavy atom. The van der Waals surface area contributed by atoms with Crippen LogP contribution in [0.15, 0.2) is 42.6 Å². The quantitative estimate of drug-likeness (QED) is 0.846. The van der Waals surface area contributed by atoms with Crippen molar-refractivity contribution in [3.63, 3.8) is 0 Å². The molecule has 0 fully saturated rings. The Morgan fingerprint density at radius 2 is 2.00 bits per heavy atom. The lowest BCUT2D eigenvalue weighted by molar-refractivity contribution is -0.116. The maximum Gasteiger partial charge on any atom is 0.280 e. The van der Waals surface area contributed by atoms with E-state index in [-0.39, 0.29) is 30.5 Å². The van der Waals surface area contributed by atoms with E-state index in [0.29, 0.717) is 22.7 Å². The average molecular weight is 344 g/mol. The van der Waals surface area contributed by atoms with Crippen LogP contribution in [0.1, 0.15) is 33.7 Å². The van der Waals surface area contributed by atoms with Gasteiger partial charge in [-0.3, -0.25) is 24.3 Å². The van der Waals surface area contributed by atoms with Gasteiger partial charge in [0.25, 0.3) is 11.8 Å². The predicted molar refractivity (Wildman–Crippen MR) is 88.9 cm³/mol. The first-order valence-electron chi connectivity index (χ1n) is 7.43. The van der Waals surface area contributed by atoms with E-state index < -0.39 is 5.91 Å². The molecule has 1 N–H and O–H groups in total. The third kappa shape index (κ3) is 3.28. The van der Waals surface area contributed by atoms with Gasteiger partial charge in [-0.1, -0.05) is 17.7 Å². The normalized spacial score (nSPS) is 13.1. The minimum Gasteiger partial charge on any atom is -0.326 e. The van der Waals surface area contributed by atoms with Crippen molar-refractivity contribution in [1.82, 2.24) is 9.88 Å². The Balaban J connectivity index is 1.53.